The van der Waals surface area contributed by atoms with E-state index in [0.29, 0.717) is 33.7 Å². The Hall–Kier alpha value is -3.68. The zero-order valence-corrected chi connectivity index (χ0v) is 17.6. The quantitative estimate of drug-likeness (QED) is 0.515. The summed E-state index contributed by atoms with van der Waals surface area (Å²) in [4.78, 5) is 24.7. The van der Waals surface area contributed by atoms with Gasteiger partial charge in [-0.2, -0.15) is 5.10 Å². The van der Waals surface area contributed by atoms with Crippen molar-refractivity contribution in [2.24, 2.45) is 0 Å². The topological polar surface area (TPSA) is 89.1 Å². The van der Waals surface area contributed by atoms with E-state index >= 15 is 0 Å². The average Bonchev–Trinajstić information content (AvgIpc) is 3.55. The van der Waals surface area contributed by atoms with Crippen LogP contribution in [0.3, 0.4) is 0 Å². The highest BCUT2D eigenvalue weighted by atomic mass is 16.3. The molecule has 0 radical (unpaired) electrons. The molecule has 0 atom stereocenters. The summed E-state index contributed by atoms with van der Waals surface area (Å²) in [7, 11) is 0. The molecule has 158 valence electrons. The van der Waals surface area contributed by atoms with Gasteiger partial charge in [0.05, 0.1) is 35.3 Å². The van der Waals surface area contributed by atoms with Crippen LogP contribution >= 0.6 is 0 Å². The summed E-state index contributed by atoms with van der Waals surface area (Å²) in [6.07, 6.45) is 7.38. The van der Waals surface area contributed by atoms with Gasteiger partial charge in [0.1, 0.15) is 11.5 Å². The van der Waals surface area contributed by atoms with Gasteiger partial charge in [0, 0.05) is 19.1 Å². The van der Waals surface area contributed by atoms with Gasteiger partial charge in [-0.05, 0) is 57.0 Å². The van der Waals surface area contributed by atoms with Gasteiger partial charge in [0.2, 0.25) is 0 Å². The van der Waals surface area contributed by atoms with Crippen LogP contribution in [0.5, 0.6) is 0 Å². The standard InChI is InChI=1S/C23H24N6O2/c1-15(2)29-22-18(14-25-29)17(12-19(27-22)20-6-5-11-31-20)23(30)26-16-7-8-21(24-13-16)28-9-3-4-10-28/h5-8,11-15H,3-4,9-10H2,1-2H3,(H,26,30). The van der Waals surface area contributed by atoms with Gasteiger partial charge in [0.25, 0.3) is 5.91 Å². The van der Waals surface area contributed by atoms with E-state index in [1.165, 1.54) is 12.8 Å². The lowest BCUT2D eigenvalue weighted by molar-refractivity contribution is 0.102. The number of furan rings is 1. The first kappa shape index (κ1) is 19.3. The molecule has 1 aliphatic rings. The summed E-state index contributed by atoms with van der Waals surface area (Å²) < 4.78 is 7.33. The zero-order valence-electron chi connectivity index (χ0n) is 17.6. The van der Waals surface area contributed by atoms with Crippen molar-refractivity contribution >= 4 is 28.4 Å². The molecule has 0 unspecified atom stereocenters. The lowest BCUT2D eigenvalue weighted by Gasteiger charge is -2.16. The minimum atomic E-state index is -0.237. The van der Waals surface area contributed by atoms with Gasteiger partial charge >= 0.3 is 0 Å². The van der Waals surface area contributed by atoms with Crippen LogP contribution in [0.4, 0.5) is 11.5 Å². The van der Waals surface area contributed by atoms with Crippen molar-refractivity contribution in [3.63, 3.8) is 0 Å². The number of nitrogens with zero attached hydrogens (tertiary/aromatic N) is 5. The molecule has 1 aliphatic heterocycles. The molecule has 1 saturated heterocycles. The van der Waals surface area contributed by atoms with Crippen LogP contribution in [0.2, 0.25) is 0 Å². The zero-order chi connectivity index (χ0) is 21.4. The molecule has 8 nitrogen and oxygen atoms in total. The van der Waals surface area contributed by atoms with Crippen LogP contribution in [-0.4, -0.2) is 38.7 Å². The van der Waals surface area contributed by atoms with Crippen LogP contribution in [-0.2, 0) is 0 Å². The van der Waals surface area contributed by atoms with Crippen LogP contribution in [0, 0.1) is 0 Å². The van der Waals surface area contributed by atoms with E-state index in [0.717, 1.165) is 18.9 Å². The number of carbonyl (C=O) groups is 1. The van der Waals surface area contributed by atoms with Crippen molar-refractivity contribution in [1.29, 1.82) is 0 Å². The number of nitrogens with one attached hydrogen (secondary N) is 1. The number of pyridine rings is 2. The van der Waals surface area contributed by atoms with E-state index in [2.05, 4.69) is 20.3 Å². The molecule has 0 spiro atoms. The molecule has 0 aliphatic carbocycles. The van der Waals surface area contributed by atoms with Crippen molar-refractivity contribution in [3.8, 4) is 11.5 Å². The van der Waals surface area contributed by atoms with Crippen LogP contribution in [0.15, 0.2) is 53.4 Å². The molecule has 0 bridgehead atoms. The summed E-state index contributed by atoms with van der Waals surface area (Å²) in [5.74, 6) is 1.31. The van der Waals surface area contributed by atoms with Crippen LogP contribution in [0.25, 0.3) is 22.5 Å². The maximum Gasteiger partial charge on any atom is 0.256 e. The van der Waals surface area contributed by atoms with Crippen molar-refractivity contribution in [3.05, 3.63) is 54.6 Å². The summed E-state index contributed by atoms with van der Waals surface area (Å²) >= 11 is 0. The number of carbonyl (C=O) groups excluding carboxylic acids is 1. The fourth-order valence-electron chi connectivity index (χ4n) is 3.93. The van der Waals surface area contributed by atoms with Gasteiger partial charge in [-0.1, -0.05) is 0 Å². The summed E-state index contributed by atoms with van der Waals surface area (Å²) in [6.45, 7) is 6.12. The monoisotopic (exact) mass is 416 g/mol. The van der Waals surface area contributed by atoms with Crippen LogP contribution in [0.1, 0.15) is 43.1 Å². The highest BCUT2D eigenvalue weighted by molar-refractivity contribution is 6.12. The molecule has 31 heavy (non-hydrogen) atoms. The van der Waals surface area contributed by atoms with E-state index in [1.807, 2.05) is 36.7 Å². The Morgan fingerprint density at radius 3 is 2.68 bits per heavy atom. The molecule has 5 heterocycles. The Morgan fingerprint density at radius 2 is 2.00 bits per heavy atom. The summed E-state index contributed by atoms with van der Waals surface area (Å²) in [6, 6.07) is 9.32. The number of anilines is 2. The SMILES string of the molecule is CC(C)n1ncc2c(C(=O)Nc3ccc(N4CCCC4)nc3)cc(-c3ccco3)nc21. The molecular formula is C23H24N6O2. The molecule has 8 heteroatoms. The van der Waals surface area contributed by atoms with Gasteiger partial charge < -0.3 is 14.6 Å². The van der Waals surface area contributed by atoms with E-state index in [-0.39, 0.29) is 11.9 Å². The first-order chi connectivity index (χ1) is 15.1. The van der Waals surface area contributed by atoms with Gasteiger partial charge in [-0.3, -0.25) is 4.79 Å². The third-order valence-electron chi connectivity index (χ3n) is 5.51. The fourth-order valence-corrected chi connectivity index (χ4v) is 3.93. The first-order valence-electron chi connectivity index (χ1n) is 10.5. The van der Waals surface area contributed by atoms with E-state index in [1.54, 1.807) is 30.8 Å². The molecule has 1 amide bonds. The second-order valence-electron chi connectivity index (χ2n) is 8.01. The van der Waals surface area contributed by atoms with Crippen LogP contribution < -0.4 is 10.2 Å². The Morgan fingerprint density at radius 1 is 1.16 bits per heavy atom. The number of hydrogen-bond donors (Lipinski definition) is 1. The highest BCUT2D eigenvalue weighted by Gasteiger charge is 2.20. The number of rotatable bonds is 5. The molecule has 4 aromatic rings. The number of fused-ring (bicyclic) bond motifs is 1. The molecule has 5 rings (SSSR count). The lowest BCUT2D eigenvalue weighted by atomic mass is 10.1. The molecule has 1 N–H and O–H groups in total. The fraction of sp³-hybridized carbons (Fsp3) is 0.304. The first-order valence-corrected chi connectivity index (χ1v) is 10.5. The van der Waals surface area contributed by atoms with Gasteiger partial charge in [-0.25, -0.2) is 14.6 Å². The normalized spacial score (nSPS) is 14.0. The van der Waals surface area contributed by atoms with Gasteiger partial charge in [-0.15, -0.1) is 0 Å². The molecular weight excluding hydrogens is 392 g/mol. The van der Waals surface area contributed by atoms with E-state index < -0.39 is 0 Å². The second kappa shape index (κ2) is 7.86. The maximum atomic E-state index is 13.2. The summed E-state index contributed by atoms with van der Waals surface area (Å²) in [5, 5.41) is 8.11. The molecule has 0 saturated carbocycles. The second-order valence-corrected chi connectivity index (χ2v) is 8.01. The largest absolute Gasteiger partial charge is 0.463 e. The van der Waals surface area contributed by atoms with Crippen molar-refractivity contribution in [2.75, 3.05) is 23.3 Å². The Kier molecular flexibility index (Phi) is 4.89. The van der Waals surface area contributed by atoms with Gasteiger partial charge in [0.15, 0.2) is 11.4 Å². The Labute approximate surface area is 179 Å². The number of amides is 1. The number of aromatic nitrogens is 4. The summed E-state index contributed by atoms with van der Waals surface area (Å²) in [5.41, 5.74) is 2.38. The third kappa shape index (κ3) is 3.65. The van der Waals surface area contributed by atoms with Crippen molar-refractivity contribution in [1.82, 2.24) is 19.7 Å². The third-order valence-corrected chi connectivity index (χ3v) is 5.51. The minimum absolute atomic E-state index is 0.107. The predicted octanol–water partition coefficient (Wildman–Crippen LogP) is 4.52. The smallest absolute Gasteiger partial charge is 0.256 e. The number of hydrogen-bond acceptors (Lipinski definition) is 6. The average molecular weight is 416 g/mol. The highest BCUT2D eigenvalue weighted by Crippen LogP contribution is 2.27. The molecule has 1 fully saturated rings. The minimum Gasteiger partial charge on any atom is -0.463 e. The molecule has 4 aromatic heterocycles. The van der Waals surface area contributed by atoms with Crippen molar-refractivity contribution < 1.29 is 9.21 Å². The lowest BCUT2D eigenvalue weighted by Crippen LogP contribution is -2.19. The van der Waals surface area contributed by atoms with Crippen molar-refractivity contribution in [2.45, 2.75) is 32.7 Å². The predicted molar refractivity (Wildman–Crippen MR) is 119 cm³/mol. The maximum absolute atomic E-state index is 13.2. The van der Waals surface area contributed by atoms with E-state index in [9.17, 15) is 4.79 Å². The molecule has 0 aromatic carbocycles. The van der Waals surface area contributed by atoms with E-state index in [4.69, 9.17) is 9.40 Å². The Balaban J connectivity index is 1.49. The Bertz CT molecular complexity index is 1210.